The van der Waals surface area contributed by atoms with Gasteiger partial charge in [0.25, 0.3) is 5.91 Å². The van der Waals surface area contributed by atoms with Crippen LogP contribution >= 0.6 is 15.9 Å². The van der Waals surface area contributed by atoms with Crippen molar-refractivity contribution in [2.24, 2.45) is 0 Å². The molecule has 0 unspecified atom stereocenters. The van der Waals surface area contributed by atoms with E-state index in [4.69, 9.17) is 0 Å². The third kappa shape index (κ3) is 2.41. The van der Waals surface area contributed by atoms with E-state index >= 15 is 0 Å². The maximum Gasteiger partial charge on any atom is 0.255 e. The summed E-state index contributed by atoms with van der Waals surface area (Å²) in [6, 6.07) is 7.05. The lowest BCUT2D eigenvalue weighted by atomic mass is 9.59. The Morgan fingerprint density at radius 2 is 2.12 bits per heavy atom. The van der Waals surface area contributed by atoms with Crippen LogP contribution in [0.3, 0.4) is 0 Å². The number of benzene rings is 1. The highest BCUT2D eigenvalue weighted by Crippen LogP contribution is 2.44. The Balaban J connectivity index is 1.76. The molecule has 0 radical (unpaired) electrons. The van der Waals surface area contributed by atoms with Crippen LogP contribution in [0.25, 0.3) is 0 Å². The second-order valence-electron chi connectivity index (χ2n) is 7.08. The number of carbonyl (C=O) groups excluding carboxylic acids is 1. The zero-order valence-corrected chi connectivity index (χ0v) is 15.2. The maximum absolute atomic E-state index is 14.7. The van der Waals surface area contributed by atoms with Gasteiger partial charge in [0.2, 0.25) is 0 Å². The van der Waals surface area contributed by atoms with Crippen molar-refractivity contribution >= 4 is 37.5 Å². The molecule has 2 aliphatic rings. The smallest absolute Gasteiger partial charge is 0.255 e. The number of fused-ring (bicyclic) bond motifs is 1. The molecular weight excluding hydrogens is 369 g/mol. The fraction of sp³-hybridized carbons (Fsp3) is 0.294. The summed E-state index contributed by atoms with van der Waals surface area (Å²) in [6.07, 6.45) is 3.87. The molecule has 2 aromatic rings. The quantitative estimate of drug-likeness (QED) is 0.757. The molecule has 0 N–H and O–H groups in total. The van der Waals surface area contributed by atoms with Gasteiger partial charge in [0, 0.05) is 28.1 Å². The number of pyridine rings is 1. The first-order chi connectivity index (χ1) is 11.4. The number of hydrogen-bond acceptors (Lipinski definition) is 2. The Hall–Kier alpha value is -1.62. The minimum Gasteiger partial charge on any atom is -0.339 e. The zero-order chi connectivity index (χ0) is 17.1. The van der Waals surface area contributed by atoms with Crippen molar-refractivity contribution in [2.75, 3.05) is 0 Å². The van der Waals surface area contributed by atoms with Crippen LogP contribution in [0.15, 0.2) is 34.9 Å². The second kappa shape index (κ2) is 5.45. The molecule has 2 heterocycles. The van der Waals surface area contributed by atoms with Gasteiger partial charge < -0.3 is 4.90 Å². The highest BCUT2D eigenvalue weighted by atomic mass is 79.9. The lowest BCUT2D eigenvalue weighted by Crippen LogP contribution is -2.45. The van der Waals surface area contributed by atoms with Crippen LogP contribution in [0.5, 0.6) is 0 Å². The van der Waals surface area contributed by atoms with E-state index in [1.54, 1.807) is 23.2 Å². The van der Waals surface area contributed by atoms with Gasteiger partial charge in [-0.25, -0.2) is 4.39 Å². The number of hydrogen-bond donors (Lipinski definition) is 0. The molecule has 1 fully saturated rings. The molecule has 0 spiro atoms. The van der Waals surface area contributed by atoms with Gasteiger partial charge in [-0.15, -0.1) is 0 Å². The zero-order valence-electron chi connectivity index (χ0n) is 13.6. The summed E-state index contributed by atoms with van der Waals surface area (Å²) in [5.74, 6) is 0.0827. The molecule has 0 bridgehead atoms. The molecule has 0 atom stereocenters. The number of nitrogens with zero attached hydrogens (tertiary/aromatic N) is 2. The highest BCUT2D eigenvalue weighted by molar-refractivity contribution is 9.10. The van der Waals surface area contributed by atoms with Crippen LogP contribution < -0.4 is 0 Å². The first-order valence-corrected chi connectivity index (χ1v) is 8.94. The Morgan fingerprint density at radius 3 is 2.79 bits per heavy atom. The number of amides is 1. The minimum atomic E-state index is -0.548. The molecule has 1 aromatic heterocycles. The predicted molar refractivity (Wildman–Crippen MR) is 99.0 cm³/mol. The monoisotopic (exact) mass is 384 g/mol. The summed E-state index contributed by atoms with van der Waals surface area (Å²) in [5, 5.41) is -0.548. The largest absolute Gasteiger partial charge is 0.339 e. The lowest BCUT2D eigenvalue weighted by molar-refractivity contribution is 0.0729. The first-order valence-electron chi connectivity index (χ1n) is 8.15. The van der Waals surface area contributed by atoms with Gasteiger partial charge in [0.05, 0.1) is 11.3 Å². The van der Waals surface area contributed by atoms with Crippen molar-refractivity contribution in [3.05, 3.63) is 63.1 Å². The molecule has 1 aliphatic heterocycles. The Bertz CT molecular complexity index is 854. The number of rotatable bonds is 3. The van der Waals surface area contributed by atoms with Crippen LogP contribution in [-0.2, 0) is 11.9 Å². The fourth-order valence-electron chi connectivity index (χ4n) is 3.57. The van der Waals surface area contributed by atoms with Gasteiger partial charge in [0.15, 0.2) is 0 Å². The first kappa shape index (κ1) is 15.9. The Kier molecular flexibility index (Phi) is 3.60. The molecule has 1 amide bonds. The van der Waals surface area contributed by atoms with Crippen molar-refractivity contribution in [1.82, 2.24) is 9.88 Å². The normalized spacial score (nSPS) is 18.8. The lowest BCUT2D eigenvalue weighted by Gasteiger charge is -2.33. The van der Waals surface area contributed by atoms with Gasteiger partial charge in [-0.3, -0.25) is 9.78 Å². The fourth-order valence-corrected chi connectivity index (χ4v) is 4.02. The summed E-state index contributed by atoms with van der Waals surface area (Å²) >= 11 is 3.38. The Morgan fingerprint density at radius 1 is 1.38 bits per heavy atom. The molecule has 1 aromatic carbocycles. The standard InChI is InChI=1S/C17H16B2BrFN2O/c18-17(19)15-11(2-1-5-22-15)16(24)23(17)8-13-12(9-3-4-9)6-10(20)7-14(13)21/h1-2,5-7,9H,3-4,8,18-19H2. The van der Waals surface area contributed by atoms with Crippen LogP contribution in [0, 0.1) is 5.82 Å². The molecular formula is C17H16B2BrFN2O. The van der Waals surface area contributed by atoms with E-state index in [1.165, 1.54) is 6.07 Å². The van der Waals surface area contributed by atoms with Crippen LogP contribution in [-0.4, -0.2) is 31.5 Å². The van der Waals surface area contributed by atoms with Crippen molar-refractivity contribution in [3.63, 3.8) is 0 Å². The van der Waals surface area contributed by atoms with E-state index < -0.39 is 5.34 Å². The van der Waals surface area contributed by atoms with Crippen LogP contribution in [0.4, 0.5) is 4.39 Å². The summed E-state index contributed by atoms with van der Waals surface area (Å²) in [5.41, 5.74) is 3.04. The molecule has 4 rings (SSSR count). The predicted octanol–water partition coefficient (Wildman–Crippen LogP) is 1.89. The average Bonchev–Trinajstić information content (AvgIpc) is 3.34. The number of aromatic nitrogens is 1. The van der Waals surface area contributed by atoms with Gasteiger partial charge in [-0.1, -0.05) is 15.9 Å². The van der Waals surface area contributed by atoms with Crippen molar-refractivity contribution < 1.29 is 9.18 Å². The third-order valence-electron chi connectivity index (χ3n) is 5.07. The minimum absolute atomic E-state index is 0.0767. The van der Waals surface area contributed by atoms with Gasteiger partial charge in [-0.05, 0) is 48.6 Å². The van der Waals surface area contributed by atoms with E-state index in [1.807, 2.05) is 21.8 Å². The van der Waals surface area contributed by atoms with E-state index in [0.29, 0.717) is 17.0 Å². The van der Waals surface area contributed by atoms with Crippen molar-refractivity contribution in [3.8, 4) is 0 Å². The molecule has 7 heteroatoms. The molecule has 1 saturated carbocycles. The summed E-state index contributed by atoms with van der Waals surface area (Å²) in [7, 11) is 3.94. The molecule has 3 nitrogen and oxygen atoms in total. The molecule has 24 heavy (non-hydrogen) atoms. The highest BCUT2D eigenvalue weighted by Gasteiger charge is 2.44. The van der Waals surface area contributed by atoms with Crippen LogP contribution in [0.2, 0.25) is 0 Å². The van der Waals surface area contributed by atoms with Gasteiger partial charge >= 0.3 is 0 Å². The van der Waals surface area contributed by atoms with E-state index in [2.05, 4.69) is 20.9 Å². The Labute approximate surface area is 150 Å². The number of halogens is 2. The SMILES string of the molecule is BC1(B)c2ncccc2C(=O)N1Cc1c(F)cc(Br)cc1C1CC1. The maximum atomic E-state index is 14.7. The average molecular weight is 385 g/mol. The van der Waals surface area contributed by atoms with Crippen molar-refractivity contribution in [2.45, 2.75) is 30.6 Å². The summed E-state index contributed by atoms with van der Waals surface area (Å²) < 4.78 is 15.4. The molecule has 0 saturated heterocycles. The van der Waals surface area contributed by atoms with Crippen molar-refractivity contribution in [1.29, 1.82) is 0 Å². The second-order valence-corrected chi connectivity index (χ2v) is 8.00. The summed E-state index contributed by atoms with van der Waals surface area (Å²) in [6.45, 7) is 0.271. The van der Waals surface area contributed by atoms with Crippen LogP contribution in [0.1, 0.15) is 45.9 Å². The molecule has 1 aliphatic carbocycles. The van der Waals surface area contributed by atoms with E-state index in [9.17, 15) is 9.18 Å². The van der Waals surface area contributed by atoms with Gasteiger partial charge in [0.1, 0.15) is 21.5 Å². The van der Waals surface area contributed by atoms with Gasteiger partial charge in [-0.2, -0.15) is 0 Å². The van der Waals surface area contributed by atoms with E-state index in [-0.39, 0.29) is 18.3 Å². The molecule has 120 valence electrons. The number of carbonyl (C=O) groups is 1. The van der Waals surface area contributed by atoms with E-state index in [0.717, 1.165) is 28.6 Å². The topological polar surface area (TPSA) is 33.2 Å². The summed E-state index contributed by atoms with van der Waals surface area (Å²) in [4.78, 5) is 19.0. The third-order valence-corrected chi connectivity index (χ3v) is 5.52.